The number of hydrogen-bond donors (Lipinski definition) is 0. The fourth-order valence-electron chi connectivity index (χ4n) is 3.58. The van der Waals surface area contributed by atoms with Crippen molar-refractivity contribution >= 4 is 5.90 Å². The molecule has 0 bridgehead atoms. The minimum atomic E-state index is 0.392. The maximum absolute atomic E-state index is 5.79. The summed E-state index contributed by atoms with van der Waals surface area (Å²) in [5.74, 6) is 1.01. The van der Waals surface area contributed by atoms with Crippen LogP contribution in [0.2, 0.25) is 0 Å². The average Bonchev–Trinajstić information content (AvgIpc) is 3.05. The first-order chi connectivity index (χ1) is 11.4. The maximum atomic E-state index is 5.79. The van der Waals surface area contributed by atoms with Crippen molar-refractivity contribution in [2.24, 2.45) is 4.99 Å². The van der Waals surface area contributed by atoms with E-state index in [1.807, 2.05) is 0 Å². The van der Waals surface area contributed by atoms with Crippen LogP contribution >= 0.6 is 0 Å². The van der Waals surface area contributed by atoms with Crippen LogP contribution in [0.1, 0.15) is 50.5 Å². The van der Waals surface area contributed by atoms with Gasteiger partial charge in [0.2, 0.25) is 0 Å². The summed E-state index contributed by atoms with van der Waals surface area (Å²) in [5, 5.41) is 0. The number of likely N-dealkylation sites (tertiary alicyclic amines) is 1. The molecule has 0 radical (unpaired) electrons. The second-order valence-corrected chi connectivity index (χ2v) is 6.87. The van der Waals surface area contributed by atoms with Crippen LogP contribution < -0.4 is 0 Å². The van der Waals surface area contributed by atoms with Crippen molar-refractivity contribution < 1.29 is 4.74 Å². The molecule has 2 heterocycles. The predicted molar refractivity (Wildman–Crippen MR) is 96.1 cm³/mol. The lowest BCUT2D eigenvalue weighted by Crippen LogP contribution is -2.30. The molecule has 0 aliphatic carbocycles. The molecule has 23 heavy (non-hydrogen) atoms. The van der Waals surface area contributed by atoms with Crippen LogP contribution in [0.5, 0.6) is 0 Å². The van der Waals surface area contributed by atoms with E-state index in [4.69, 9.17) is 9.73 Å². The molecule has 0 spiro atoms. The Morgan fingerprint density at radius 2 is 1.83 bits per heavy atom. The van der Waals surface area contributed by atoms with Gasteiger partial charge < -0.3 is 9.64 Å². The van der Waals surface area contributed by atoms with Gasteiger partial charge in [0.15, 0.2) is 5.90 Å². The van der Waals surface area contributed by atoms with Crippen LogP contribution in [0.3, 0.4) is 0 Å². The van der Waals surface area contributed by atoms with Gasteiger partial charge in [-0.05, 0) is 63.7 Å². The van der Waals surface area contributed by atoms with E-state index in [9.17, 15) is 0 Å². The summed E-state index contributed by atoms with van der Waals surface area (Å²) in [6.07, 6.45) is 9.87. The largest absolute Gasteiger partial charge is 0.479 e. The van der Waals surface area contributed by atoms with E-state index in [1.54, 1.807) is 0 Å². The predicted octanol–water partition coefficient (Wildman–Crippen LogP) is 4.07. The van der Waals surface area contributed by atoms with E-state index in [0.29, 0.717) is 6.04 Å². The van der Waals surface area contributed by atoms with E-state index in [0.717, 1.165) is 31.8 Å². The summed E-state index contributed by atoms with van der Waals surface area (Å²) in [6.45, 7) is 4.58. The highest BCUT2D eigenvalue weighted by Gasteiger charge is 2.18. The molecule has 0 saturated carbocycles. The Kier molecular flexibility index (Phi) is 6.51. The molecule has 2 aliphatic rings. The summed E-state index contributed by atoms with van der Waals surface area (Å²) < 4.78 is 5.79. The first kappa shape index (κ1) is 16.5. The number of ether oxygens (including phenoxy) is 1. The van der Waals surface area contributed by atoms with Crippen molar-refractivity contribution in [1.82, 2.24) is 4.90 Å². The molecule has 0 unspecified atom stereocenters. The molecule has 3 rings (SSSR count). The van der Waals surface area contributed by atoms with E-state index in [-0.39, 0.29) is 0 Å². The van der Waals surface area contributed by atoms with Crippen molar-refractivity contribution in [3.63, 3.8) is 0 Å². The third kappa shape index (κ3) is 5.65. The van der Waals surface area contributed by atoms with Gasteiger partial charge in [0.05, 0.1) is 6.04 Å². The Morgan fingerprint density at radius 3 is 2.65 bits per heavy atom. The molecule has 0 amide bonds. The Labute approximate surface area is 140 Å². The van der Waals surface area contributed by atoms with Gasteiger partial charge in [-0.3, -0.25) is 0 Å². The van der Waals surface area contributed by atoms with Crippen molar-refractivity contribution in [3.05, 3.63) is 35.9 Å². The molecule has 126 valence electrons. The quantitative estimate of drug-likeness (QED) is 0.722. The summed E-state index contributed by atoms with van der Waals surface area (Å²) >= 11 is 0. The first-order valence-corrected chi connectivity index (χ1v) is 9.36. The third-order valence-electron chi connectivity index (χ3n) is 4.93. The standard InChI is InChI=1S/C20H30N2O/c1-3-9-18(10-4-1)11-7-12-19-17-23-20(21-19)13-8-16-22-14-5-2-6-15-22/h1,3-4,9-10,19H,2,5-8,11-17H2/t19-/m0/s1. The Bertz CT molecular complexity index is 480. The summed E-state index contributed by atoms with van der Waals surface area (Å²) in [4.78, 5) is 7.37. The highest BCUT2D eigenvalue weighted by Crippen LogP contribution is 2.16. The van der Waals surface area contributed by atoms with Gasteiger partial charge in [0.25, 0.3) is 0 Å². The molecule has 0 aromatic heterocycles. The normalized spacial score (nSPS) is 21.9. The molecule has 3 nitrogen and oxygen atoms in total. The fraction of sp³-hybridized carbons (Fsp3) is 0.650. The SMILES string of the molecule is c1ccc(CCC[C@H]2COC(CCCN3CCCCC3)=N2)cc1. The monoisotopic (exact) mass is 314 g/mol. The highest BCUT2D eigenvalue weighted by molar-refractivity contribution is 5.77. The first-order valence-electron chi connectivity index (χ1n) is 9.36. The molecular formula is C20H30N2O. The van der Waals surface area contributed by atoms with Crippen LogP contribution in [0.25, 0.3) is 0 Å². The lowest BCUT2D eigenvalue weighted by molar-refractivity contribution is 0.225. The van der Waals surface area contributed by atoms with Crippen LogP contribution in [-0.4, -0.2) is 43.1 Å². The van der Waals surface area contributed by atoms with Gasteiger partial charge in [-0.15, -0.1) is 0 Å². The fourth-order valence-corrected chi connectivity index (χ4v) is 3.58. The van der Waals surface area contributed by atoms with Gasteiger partial charge in [-0.25, -0.2) is 4.99 Å². The second-order valence-electron chi connectivity index (χ2n) is 6.87. The minimum Gasteiger partial charge on any atom is -0.479 e. The maximum Gasteiger partial charge on any atom is 0.183 e. The van der Waals surface area contributed by atoms with Crippen LogP contribution in [-0.2, 0) is 11.2 Å². The zero-order valence-corrected chi connectivity index (χ0v) is 14.3. The minimum absolute atomic E-state index is 0.392. The number of piperidine rings is 1. The molecule has 1 aromatic carbocycles. The van der Waals surface area contributed by atoms with Gasteiger partial charge in [-0.2, -0.15) is 0 Å². The van der Waals surface area contributed by atoms with Crippen molar-refractivity contribution in [3.8, 4) is 0 Å². The van der Waals surface area contributed by atoms with E-state index < -0.39 is 0 Å². The molecule has 1 fully saturated rings. The van der Waals surface area contributed by atoms with Crippen molar-refractivity contribution in [1.29, 1.82) is 0 Å². The van der Waals surface area contributed by atoms with Gasteiger partial charge in [-0.1, -0.05) is 36.8 Å². The smallest absolute Gasteiger partial charge is 0.183 e. The van der Waals surface area contributed by atoms with E-state index in [2.05, 4.69) is 35.2 Å². The zero-order valence-electron chi connectivity index (χ0n) is 14.3. The van der Waals surface area contributed by atoms with Crippen LogP contribution in [0.4, 0.5) is 0 Å². The Morgan fingerprint density at radius 1 is 1.00 bits per heavy atom. The molecule has 0 N–H and O–H groups in total. The van der Waals surface area contributed by atoms with Crippen LogP contribution in [0, 0.1) is 0 Å². The lowest BCUT2D eigenvalue weighted by atomic mass is 10.1. The number of rotatable bonds is 8. The molecule has 1 aromatic rings. The number of benzene rings is 1. The summed E-state index contributed by atoms with van der Waals surface area (Å²) in [5.41, 5.74) is 1.43. The van der Waals surface area contributed by atoms with E-state index >= 15 is 0 Å². The van der Waals surface area contributed by atoms with Gasteiger partial charge >= 0.3 is 0 Å². The number of hydrogen-bond acceptors (Lipinski definition) is 3. The topological polar surface area (TPSA) is 24.8 Å². The number of aryl methyl sites for hydroxylation is 1. The average molecular weight is 314 g/mol. The van der Waals surface area contributed by atoms with Crippen molar-refractivity contribution in [2.45, 2.75) is 57.4 Å². The Balaban J connectivity index is 1.30. The molecule has 1 atom stereocenters. The number of nitrogens with zero attached hydrogens (tertiary/aromatic N) is 2. The lowest BCUT2D eigenvalue weighted by Gasteiger charge is -2.26. The molecule has 2 aliphatic heterocycles. The third-order valence-corrected chi connectivity index (χ3v) is 4.93. The zero-order chi connectivity index (χ0) is 15.7. The second kappa shape index (κ2) is 9.07. The number of aliphatic imine (C=N–C) groups is 1. The van der Waals surface area contributed by atoms with Gasteiger partial charge in [0.1, 0.15) is 6.61 Å². The summed E-state index contributed by atoms with van der Waals surface area (Å²) in [6, 6.07) is 11.1. The molecule has 3 heteroatoms. The van der Waals surface area contributed by atoms with E-state index in [1.165, 1.54) is 57.3 Å². The molecular weight excluding hydrogens is 284 g/mol. The van der Waals surface area contributed by atoms with Gasteiger partial charge in [0, 0.05) is 6.42 Å². The summed E-state index contributed by atoms with van der Waals surface area (Å²) in [7, 11) is 0. The van der Waals surface area contributed by atoms with Crippen LogP contribution in [0.15, 0.2) is 35.3 Å². The molecule has 1 saturated heterocycles. The Hall–Kier alpha value is -1.35. The van der Waals surface area contributed by atoms with Crippen molar-refractivity contribution in [2.75, 3.05) is 26.2 Å². The highest BCUT2D eigenvalue weighted by atomic mass is 16.5.